The number of benzene rings is 1. The van der Waals surface area contributed by atoms with E-state index in [2.05, 4.69) is 10.6 Å². The second-order valence-electron chi connectivity index (χ2n) is 4.20. The Morgan fingerprint density at radius 2 is 2.12 bits per heavy atom. The zero-order valence-electron chi connectivity index (χ0n) is 9.50. The van der Waals surface area contributed by atoms with Gasteiger partial charge >= 0.3 is 0 Å². The van der Waals surface area contributed by atoms with Gasteiger partial charge in [-0.1, -0.05) is 17.7 Å². The van der Waals surface area contributed by atoms with Crippen molar-refractivity contribution in [2.75, 3.05) is 18.4 Å². The fourth-order valence-corrected chi connectivity index (χ4v) is 2.35. The lowest BCUT2D eigenvalue weighted by Gasteiger charge is -2.25. The number of rotatable bonds is 3. The van der Waals surface area contributed by atoms with Gasteiger partial charge in [0.25, 0.3) is 5.91 Å². The van der Waals surface area contributed by atoms with E-state index in [-0.39, 0.29) is 0 Å². The molecular formula is C12H16ClN3O. The highest BCUT2D eigenvalue weighted by Gasteiger charge is 2.17. The van der Waals surface area contributed by atoms with Crippen molar-refractivity contribution in [3.63, 3.8) is 0 Å². The van der Waals surface area contributed by atoms with Crippen LogP contribution in [0.25, 0.3) is 0 Å². The molecule has 1 aliphatic heterocycles. The predicted octanol–water partition coefficient (Wildman–Crippen LogP) is 1.60. The quantitative estimate of drug-likeness (QED) is 0.767. The van der Waals surface area contributed by atoms with Gasteiger partial charge in [0.1, 0.15) is 0 Å². The second-order valence-corrected chi connectivity index (χ2v) is 4.60. The summed E-state index contributed by atoms with van der Waals surface area (Å²) in [5.74, 6) is -0.493. The summed E-state index contributed by atoms with van der Waals surface area (Å²) in [4.78, 5) is 11.4. The smallest absolute Gasteiger partial charge is 0.252 e. The van der Waals surface area contributed by atoms with Gasteiger partial charge in [-0.15, -0.1) is 0 Å². The highest BCUT2D eigenvalue weighted by Crippen LogP contribution is 2.25. The third kappa shape index (κ3) is 2.90. The van der Waals surface area contributed by atoms with E-state index in [9.17, 15) is 4.79 Å². The minimum atomic E-state index is -0.493. The molecule has 17 heavy (non-hydrogen) atoms. The minimum Gasteiger partial charge on any atom is -0.382 e. The number of anilines is 1. The Morgan fingerprint density at radius 3 is 2.76 bits per heavy atom. The van der Waals surface area contributed by atoms with Crippen LogP contribution in [0.1, 0.15) is 23.2 Å². The largest absolute Gasteiger partial charge is 0.382 e. The maximum absolute atomic E-state index is 11.4. The molecule has 0 unspecified atom stereocenters. The van der Waals surface area contributed by atoms with E-state index in [0.717, 1.165) is 31.6 Å². The van der Waals surface area contributed by atoms with Gasteiger partial charge < -0.3 is 16.4 Å². The first-order valence-electron chi connectivity index (χ1n) is 5.74. The van der Waals surface area contributed by atoms with Crippen LogP contribution in [-0.2, 0) is 0 Å². The van der Waals surface area contributed by atoms with Crippen LogP contribution in [0.3, 0.4) is 0 Å². The monoisotopic (exact) mass is 253 g/mol. The molecule has 4 N–H and O–H groups in total. The van der Waals surface area contributed by atoms with Gasteiger partial charge in [0.15, 0.2) is 0 Å². The topological polar surface area (TPSA) is 67.2 Å². The lowest BCUT2D eigenvalue weighted by molar-refractivity contribution is 0.100. The molecule has 1 aromatic rings. The Labute approximate surface area is 106 Å². The lowest BCUT2D eigenvalue weighted by Crippen LogP contribution is -2.35. The molecule has 0 bridgehead atoms. The van der Waals surface area contributed by atoms with Crippen molar-refractivity contribution in [1.29, 1.82) is 0 Å². The van der Waals surface area contributed by atoms with Gasteiger partial charge in [-0.05, 0) is 38.1 Å². The number of carbonyl (C=O) groups excluding carboxylic acids is 1. The zero-order chi connectivity index (χ0) is 12.3. The zero-order valence-corrected chi connectivity index (χ0v) is 10.3. The van der Waals surface area contributed by atoms with Crippen LogP contribution in [0.15, 0.2) is 18.2 Å². The molecule has 1 aliphatic rings. The van der Waals surface area contributed by atoms with E-state index < -0.39 is 5.91 Å². The predicted molar refractivity (Wildman–Crippen MR) is 69.5 cm³/mol. The first kappa shape index (κ1) is 12.2. The molecule has 0 atom stereocenters. The summed E-state index contributed by atoms with van der Waals surface area (Å²) in [6.45, 7) is 1.98. The first-order chi connectivity index (χ1) is 8.18. The van der Waals surface area contributed by atoms with Gasteiger partial charge in [0, 0.05) is 11.7 Å². The maximum Gasteiger partial charge on any atom is 0.252 e. The van der Waals surface area contributed by atoms with E-state index in [0.29, 0.717) is 16.6 Å². The number of nitrogens with one attached hydrogen (secondary N) is 2. The van der Waals surface area contributed by atoms with Crippen molar-refractivity contribution in [2.45, 2.75) is 18.9 Å². The molecule has 1 saturated heterocycles. The van der Waals surface area contributed by atoms with Gasteiger partial charge in [-0.25, -0.2) is 0 Å². The Balaban J connectivity index is 2.19. The van der Waals surface area contributed by atoms with Crippen LogP contribution in [0, 0.1) is 0 Å². The van der Waals surface area contributed by atoms with Crippen LogP contribution in [0.2, 0.25) is 5.02 Å². The Bertz CT molecular complexity index is 416. The number of amides is 1. The van der Waals surface area contributed by atoms with E-state index in [4.69, 9.17) is 17.3 Å². The summed E-state index contributed by atoms with van der Waals surface area (Å²) in [7, 11) is 0. The van der Waals surface area contributed by atoms with Gasteiger partial charge in [-0.3, -0.25) is 4.79 Å². The average Bonchev–Trinajstić information content (AvgIpc) is 2.30. The van der Waals surface area contributed by atoms with Crippen LogP contribution in [-0.4, -0.2) is 25.0 Å². The van der Waals surface area contributed by atoms with E-state index in [1.165, 1.54) is 0 Å². The number of carbonyl (C=O) groups is 1. The SMILES string of the molecule is NC(=O)c1c(Cl)cccc1NC1CCNCC1. The van der Waals surface area contributed by atoms with Crippen LogP contribution in [0.4, 0.5) is 5.69 Å². The Morgan fingerprint density at radius 1 is 1.41 bits per heavy atom. The van der Waals surface area contributed by atoms with Crippen molar-refractivity contribution in [3.05, 3.63) is 28.8 Å². The molecule has 0 saturated carbocycles. The fraction of sp³-hybridized carbons (Fsp3) is 0.417. The second kappa shape index (κ2) is 5.38. The minimum absolute atomic E-state index is 0.368. The molecule has 0 aromatic heterocycles. The normalized spacial score (nSPS) is 16.8. The summed E-state index contributed by atoms with van der Waals surface area (Å²) in [5.41, 5.74) is 6.46. The van der Waals surface area contributed by atoms with Crippen molar-refractivity contribution in [2.24, 2.45) is 5.73 Å². The fourth-order valence-electron chi connectivity index (χ4n) is 2.08. The van der Waals surface area contributed by atoms with Gasteiger partial charge in [-0.2, -0.15) is 0 Å². The molecule has 1 heterocycles. The van der Waals surface area contributed by atoms with Crippen LogP contribution < -0.4 is 16.4 Å². The third-order valence-electron chi connectivity index (χ3n) is 2.96. The number of primary amides is 1. The molecule has 5 heteroatoms. The third-order valence-corrected chi connectivity index (χ3v) is 3.27. The van der Waals surface area contributed by atoms with E-state index >= 15 is 0 Å². The molecule has 92 valence electrons. The van der Waals surface area contributed by atoms with E-state index in [1.54, 1.807) is 6.07 Å². The van der Waals surface area contributed by atoms with Crippen LogP contribution >= 0.6 is 11.6 Å². The summed E-state index contributed by atoms with van der Waals surface area (Å²) in [5, 5.41) is 7.04. The van der Waals surface area contributed by atoms with Crippen LogP contribution in [0.5, 0.6) is 0 Å². The number of hydrogen-bond donors (Lipinski definition) is 3. The maximum atomic E-state index is 11.4. The molecule has 1 fully saturated rings. The molecule has 4 nitrogen and oxygen atoms in total. The van der Waals surface area contributed by atoms with Crippen molar-refractivity contribution in [1.82, 2.24) is 5.32 Å². The summed E-state index contributed by atoms with van der Waals surface area (Å²) < 4.78 is 0. The number of piperidine rings is 1. The molecule has 2 rings (SSSR count). The standard InChI is InChI=1S/C12H16ClN3O/c13-9-2-1-3-10(11(9)12(14)17)16-8-4-6-15-7-5-8/h1-3,8,15-16H,4-7H2,(H2,14,17). The number of nitrogens with two attached hydrogens (primary N) is 1. The molecular weight excluding hydrogens is 238 g/mol. The highest BCUT2D eigenvalue weighted by atomic mass is 35.5. The Kier molecular flexibility index (Phi) is 3.86. The molecule has 0 spiro atoms. The number of halogens is 1. The molecule has 1 amide bonds. The molecule has 0 aliphatic carbocycles. The van der Waals surface area contributed by atoms with Gasteiger partial charge in [0.2, 0.25) is 0 Å². The molecule has 0 radical (unpaired) electrons. The first-order valence-corrected chi connectivity index (χ1v) is 6.12. The van der Waals surface area contributed by atoms with Crippen molar-refractivity contribution < 1.29 is 4.79 Å². The van der Waals surface area contributed by atoms with Gasteiger partial charge in [0.05, 0.1) is 10.6 Å². The highest BCUT2D eigenvalue weighted by molar-refractivity contribution is 6.34. The summed E-state index contributed by atoms with van der Waals surface area (Å²) in [6, 6.07) is 5.70. The number of hydrogen-bond acceptors (Lipinski definition) is 3. The van der Waals surface area contributed by atoms with Crippen molar-refractivity contribution >= 4 is 23.2 Å². The summed E-state index contributed by atoms with van der Waals surface area (Å²) >= 11 is 5.99. The molecule has 1 aromatic carbocycles. The summed E-state index contributed by atoms with van der Waals surface area (Å²) in [6.07, 6.45) is 2.06. The average molecular weight is 254 g/mol. The lowest BCUT2D eigenvalue weighted by atomic mass is 10.0. The van der Waals surface area contributed by atoms with E-state index in [1.807, 2.05) is 12.1 Å². The van der Waals surface area contributed by atoms with Crippen molar-refractivity contribution in [3.8, 4) is 0 Å². The Hall–Kier alpha value is -1.26.